The predicted octanol–water partition coefficient (Wildman–Crippen LogP) is 2.73. The van der Waals surface area contributed by atoms with Gasteiger partial charge in [-0.1, -0.05) is 15.9 Å². The molecule has 1 aromatic carbocycles. The van der Waals surface area contributed by atoms with Gasteiger partial charge in [0.15, 0.2) is 0 Å². The lowest BCUT2D eigenvalue weighted by Crippen LogP contribution is -2.25. The third kappa shape index (κ3) is 3.31. The van der Waals surface area contributed by atoms with Crippen molar-refractivity contribution in [1.29, 1.82) is 0 Å². The number of aryl methyl sites for hydroxylation is 1. The fourth-order valence-corrected chi connectivity index (χ4v) is 1.83. The number of hydrogen-bond acceptors (Lipinski definition) is 1. The second-order valence-electron chi connectivity index (χ2n) is 2.96. The molecule has 2 nitrogen and oxygen atoms in total. The molecule has 0 unspecified atom stereocenters. The molecule has 1 amide bonds. The molecule has 0 bridgehead atoms. The quantitative estimate of drug-likeness (QED) is 0.845. The van der Waals surface area contributed by atoms with Crippen LogP contribution in [0.1, 0.15) is 15.9 Å². The van der Waals surface area contributed by atoms with E-state index in [0.717, 1.165) is 10.0 Å². The van der Waals surface area contributed by atoms with Gasteiger partial charge < -0.3 is 5.32 Å². The zero-order chi connectivity index (χ0) is 10.6. The summed E-state index contributed by atoms with van der Waals surface area (Å²) in [4.78, 5) is 11.5. The Morgan fingerprint density at radius 2 is 2.21 bits per heavy atom. The Bertz CT molecular complexity index is 321. The maximum atomic E-state index is 11.5. The molecule has 76 valence electrons. The monoisotopic (exact) mass is 275 g/mol. The van der Waals surface area contributed by atoms with E-state index in [1.165, 1.54) is 0 Å². The highest BCUT2D eigenvalue weighted by Crippen LogP contribution is 2.15. The van der Waals surface area contributed by atoms with E-state index in [1.807, 2.05) is 19.1 Å². The lowest BCUT2D eigenvalue weighted by Gasteiger charge is -2.04. The minimum Gasteiger partial charge on any atom is -0.351 e. The van der Waals surface area contributed by atoms with Crippen LogP contribution >= 0.6 is 27.5 Å². The molecule has 0 spiro atoms. The van der Waals surface area contributed by atoms with E-state index in [9.17, 15) is 4.79 Å². The predicted molar refractivity (Wildman–Crippen MR) is 61.9 cm³/mol. The van der Waals surface area contributed by atoms with Crippen molar-refractivity contribution < 1.29 is 4.79 Å². The van der Waals surface area contributed by atoms with Crippen molar-refractivity contribution >= 4 is 33.4 Å². The Morgan fingerprint density at radius 3 is 2.79 bits per heavy atom. The SMILES string of the molecule is Cc1cc(Br)cc(C(=O)NCCCl)c1. The van der Waals surface area contributed by atoms with Gasteiger partial charge in [0.25, 0.3) is 5.91 Å². The summed E-state index contributed by atoms with van der Waals surface area (Å²) in [5.74, 6) is 0.341. The summed E-state index contributed by atoms with van der Waals surface area (Å²) in [6.45, 7) is 2.44. The standard InChI is InChI=1S/C10H11BrClNO/c1-7-4-8(6-9(11)5-7)10(14)13-3-2-12/h4-6H,2-3H2,1H3,(H,13,14). The van der Waals surface area contributed by atoms with E-state index in [0.29, 0.717) is 18.0 Å². The Balaban J connectivity index is 2.79. The molecule has 0 heterocycles. The van der Waals surface area contributed by atoms with Crippen molar-refractivity contribution in [1.82, 2.24) is 5.32 Å². The summed E-state index contributed by atoms with van der Waals surface area (Å²) in [5, 5.41) is 2.71. The number of amides is 1. The van der Waals surface area contributed by atoms with Gasteiger partial charge in [-0.15, -0.1) is 11.6 Å². The number of rotatable bonds is 3. The van der Waals surface area contributed by atoms with Crippen molar-refractivity contribution in [3.63, 3.8) is 0 Å². The van der Waals surface area contributed by atoms with Gasteiger partial charge in [-0.2, -0.15) is 0 Å². The number of carbonyl (C=O) groups excluding carboxylic acids is 1. The van der Waals surface area contributed by atoms with Gasteiger partial charge in [0.1, 0.15) is 0 Å². The first-order valence-electron chi connectivity index (χ1n) is 4.25. The highest BCUT2D eigenvalue weighted by Gasteiger charge is 2.05. The topological polar surface area (TPSA) is 29.1 Å². The molecule has 0 aromatic heterocycles. The molecule has 1 rings (SSSR count). The number of halogens is 2. The average molecular weight is 277 g/mol. The number of hydrogen-bond donors (Lipinski definition) is 1. The largest absolute Gasteiger partial charge is 0.351 e. The van der Waals surface area contributed by atoms with Crippen LogP contribution in [0.2, 0.25) is 0 Å². The molecule has 0 radical (unpaired) electrons. The van der Waals surface area contributed by atoms with Crippen LogP contribution in [-0.2, 0) is 0 Å². The number of alkyl halides is 1. The molecule has 0 saturated carbocycles. The molecule has 0 aliphatic carbocycles. The smallest absolute Gasteiger partial charge is 0.251 e. The normalized spacial score (nSPS) is 9.93. The van der Waals surface area contributed by atoms with Gasteiger partial charge in [0, 0.05) is 22.5 Å². The highest BCUT2D eigenvalue weighted by atomic mass is 79.9. The minimum absolute atomic E-state index is 0.0879. The van der Waals surface area contributed by atoms with Crippen LogP contribution in [0, 0.1) is 6.92 Å². The van der Waals surface area contributed by atoms with E-state index in [-0.39, 0.29) is 5.91 Å². The number of nitrogens with one attached hydrogen (secondary N) is 1. The van der Waals surface area contributed by atoms with Crippen LogP contribution in [0.4, 0.5) is 0 Å². The molecule has 0 atom stereocenters. The summed E-state index contributed by atoms with van der Waals surface area (Å²) in [5.41, 5.74) is 1.71. The van der Waals surface area contributed by atoms with Crippen molar-refractivity contribution in [2.75, 3.05) is 12.4 Å². The van der Waals surface area contributed by atoms with Gasteiger partial charge in [0.2, 0.25) is 0 Å². The van der Waals surface area contributed by atoms with Gasteiger partial charge in [-0.3, -0.25) is 4.79 Å². The molecule has 0 aliphatic heterocycles. The molecular formula is C10H11BrClNO. The maximum Gasteiger partial charge on any atom is 0.251 e. The van der Waals surface area contributed by atoms with E-state index >= 15 is 0 Å². The van der Waals surface area contributed by atoms with Crippen molar-refractivity contribution in [3.8, 4) is 0 Å². The lowest BCUT2D eigenvalue weighted by atomic mass is 10.1. The second kappa shape index (κ2) is 5.37. The lowest BCUT2D eigenvalue weighted by molar-refractivity contribution is 0.0956. The van der Waals surface area contributed by atoms with Gasteiger partial charge in [0.05, 0.1) is 0 Å². The number of carbonyl (C=O) groups is 1. The zero-order valence-electron chi connectivity index (χ0n) is 7.81. The molecule has 0 fully saturated rings. The summed E-state index contributed by atoms with van der Waals surface area (Å²) in [6, 6.07) is 5.59. The van der Waals surface area contributed by atoms with Crippen LogP contribution in [0.25, 0.3) is 0 Å². The maximum absolute atomic E-state index is 11.5. The van der Waals surface area contributed by atoms with Crippen LogP contribution < -0.4 is 5.32 Å². The number of benzene rings is 1. The molecule has 0 aliphatic rings. The summed E-state index contributed by atoms with van der Waals surface area (Å²) < 4.78 is 0.911. The second-order valence-corrected chi connectivity index (χ2v) is 4.26. The third-order valence-electron chi connectivity index (χ3n) is 1.68. The van der Waals surface area contributed by atoms with Crippen molar-refractivity contribution in [3.05, 3.63) is 33.8 Å². The molecule has 14 heavy (non-hydrogen) atoms. The molecule has 1 aromatic rings. The van der Waals surface area contributed by atoms with Crippen LogP contribution in [0.15, 0.2) is 22.7 Å². The van der Waals surface area contributed by atoms with Crippen LogP contribution in [0.3, 0.4) is 0 Å². The Morgan fingerprint density at radius 1 is 1.50 bits per heavy atom. The molecule has 1 N–H and O–H groups in total. The molecule has 4 heteroatoms. The Labute approximate surface area is 96.8 Å². The minimum atomic E-state index is -0.0879. The molecular weight excluding hydrogens is 265 g/mol. The van der Waals surface area contributed by atoms with Gasteiger partial charge in [-0.05, 0) is 30.7 Å². The first kappa shape index (κ1) is 11.5. The van der Waals surface area contributed by atoms with E-state index in [2.05, 4.69) is 21.2 Å². The van der Waals surface area contributed by atoms with Crippen LogP contribution in [-0.4, -0.2) is 18.3 Å². The Kier molecular flexibility index (Phi) is 4.42. The summed E-state index contributed by atoms with van der Waals surface area (Å²) >= 11 is 8.82. The first-order chi connectivity index (χ1) is 6.63. The highest BCUT2D eigenvalue weighted by molar-refractivity contribution is 9.10. The van der Waals surface area contributed by atoms with E-state index < -0.39 is 0 Å². The molecule has 0 saturated heterocycles. The summed E-state index contributed by atoms with van der Waals surface area (Å²) in [7, 11) is 0. The average Bonchev–Trinajstić information content (AvgIpc) is 2.12. The van der Waals surface area contributed by atoms with E-state index in [1.54, 1.807) is 6.07 Å². The Hall–Kier alpha value is -0.540. The van der Waals surface area contributed by atoms with Gasteiger partial charge in [-0.25, -0.2) is 0 Å². The van der Waals surface area contributed by atoms with Crippen molar-refractivity contribution in [2.45, 2.75) is 6.92 Å². The van der Waals surface area contributed by atoms with Crippen LogP contribution in [0.5, 0.6) is 0 Å². The fraction of sp³-hybridized carbons (Fsp3) is 0.300. The fourth-order valence-electron chi connectivity index (χ4n) is 1.13. The summed E-state index contributed by atoms with van der Waals surface area (Å²) in [6.07, 6.45) is 0. The van der Waals surface area contributed by atoms with Crippen molar-refractivity contribution in [2.24, 2.45) is 0 Å². The zero-order valence-corrected chi connectivity index (χ0v) is 10.2. The first-order valence-corrected chi connectivity index (χ1v) is 5.57. The van der Waals surface area contributed by atoms with E-state index in [4.69, 9.17) is 11.6 Å². The van der Waals surface area contributed by atoms with Gasteiger partial charge >= 0.3 is 0 Å². The third-order valence-corrected chi connectivity index (χ3v) is 2.33.